The van der Waals surface area contributed by atoms with E-state index in [1.165, 1.54) is 11.1 Å². The van der Waals surface area contributed by atoms with E-state index < -0.39 is 0 Å². The number of fused-ring (bicyclic) bond motifs is 1. The summed E-state index contributed by atoms with van der Waals surface area (Å²) >= 11 is 0. The topological polar surface area (TPSA) is 55.9 Å². The minimum atomic E-state index is 0. The first-order valence-electron chi connectivity index (χ1n) is 8.66. The van der Waals surface area contributed by atoms with E-state index in [2.05, 4.69) is 39.5 Å². The van der Waals surface area contributed by atoms with E-state index in [9.17, 15) is 0 Å². The Labute approximate surface area is 159 Å². The van der Waals surface area contributed by atoms with Crippen LogP contribution >= 0.6 is 12.4 Å². The number of piperazine rings is 1. The van der Waals surface area contributed by atoms with Gasteiger partial charge in [0.25, 0.3) is 0 Å². The van der Waals surface area contributed by atoms with Gasteiger partial charge in [-0.1, -0.05) is 0 Å². The second kappa shape index (κ2) is 8.58. The molecule has 26 heavy (non-hydrogen) atoms. The highest BCUT2D eigenvalue weighted by molar-refractivity contribution is 5.85. The summed E-state index contributed by atoms with van der Waals surface area (Å²) < 4.78 is 17.0. The van der Waals surface area contributed by atoms with Crippen LogP contribution in [0.3, 0.4) is 0 Å². The van der Waals surface area contributed by atoms with Crippen LogP contribution in [0.15, 0.2) is 36.7 Å². The van der Waals surface area contributed by atoms with Crippen LogP contribution in [0.1, 0.15) is 17.2 Å². The van der Waals surface area contributed by atoms with Gasteiger partial charge >= 0.3 is 0 Å². The highest BCUT2D eigenvalue weighted by atomic mass is 35.5. The molecule has 6 nitrogen and oxygen atoms in total. The van der Waals surface area contributed by atoms with Crippen LogP contribution in [-0.2, 0) is 6.54 Å². The molecule has 4 rings (SSSR count). The second-order valence-corrected chi connectivity index (χ2v) is 6.29. The molecule has 3 heterocycles. The summed E-state index contributed by atoms with van der Waals surface area (Å²) in [5.41, 5.74) is 2.45. The zero-order chi connectivity index (χ0) is 17.1. The van der Waals surface area contributed by atoms with Gasteiger partial charge in [0.05, 0.1) is 7.11 Å². The monoisotopic (exact) mass is 377 g/mol. The first-order valence-corrected chi connectivity index (χ1v) is 8.66. The molecular formula is C19H24ClN3O3. The number of rotatable bonds is 4. The number of pyridine rings is 1. The predicted molar refractivity (Wildman–Crippen MR) is 101 cm³/mol. The smallest absolute Gasteiger partial charge is 0.203 e. The Bertz CT molecular complexity index is 712. The van der Waals surface area contributed by atoms with E-state index >= 15 is 0 Å². The normalized spacial score (nSPS) is 19.5. The quantitative estimate of drug-likeness (QED) is 0.883. The van der Waals surface area contributed by atoms with E-state index in [0.29, 0.717) is 25.0 Å². The van der Waals surface area contributed by atoms with Crippen molar-refractivity contribution in [3.8, 4) is 17.2 Å². The van der Waals surface area contributed by atoms with Crippen molar-refractivity contribution >= 4 is 12.4 Å². The van der Waals surface area contributed by atoms with E-state index in [-0.39, 0.29) is 12.4 Å². The molecule has 2 aliphatic heterocycles. The van der Waals surface area contributed by atoms with Crippen LogP contribution in [0.25, 0.3) is 0 Å². The minimum Gasteiger partial charge on any atom is -0.493 e. The number of hydrogen-bond donors (Lipinski definition) is 1. The molecule has 0 aliphatic carbocycles. The lowest BCUT2D eigenvalue weighted by Gasteiger charge is -2.36. The Morgan fingerprint density at radius 2 is 2.04 bits per heavy atom. The van der Waals surface area contributed by atoms with Gasteiger partial charge in [-0.25, -0.2) is 0 Å². The summed E-state index contributed by atoms with van der Waals surface area (Å²) in [6.07, 6.45) is 3.71. The fourth-order valence-electron chi connectivity index (χ4n) is 3.50. The first kappa shape index (κ1) is 18.8. The SMILES string of the molecule is COc1cc(CN2CCNCC2c2ccncc2)cc2c1OCCO2.Cl. The number of methoxy groups -OCH3 is 1. The number of aromatic nitrogens is 1. The Balaban J connectivity index is 0.00000196. The maximum Gasteiger partial charge on any atom is 0.203 e. The Morgan fingerprint density at radius 1 is 1.23 bits per heavy atom. The van der Waals surface area contributed by atoms with Crippen molar-refractivity contribution < 1.29 is 14.2 Å². The molecule has 1 aromatic carbocycles. The number of nitrogens with zero attached hydrogens (tertiary/aromatic N) is 2. The molecule has 1 aromatic heterocycles. The van der Waals surface area contributed by atoms with Crippen molar-refractivity contribution in [1.29, 1.82) is 0 Å². The molecule has 0 radical (unpaired) electrons. The maximum absolute atomic E-state index is 5.76. The molecule has 140 valence electrons. The molecule has 0 bridgehead atoms. The Kier molecular flexibility index (Phi) is 6.19. The van der Waals surface area contributed by atoms with Gasteiger partial charge in [0, 0.05) is 44.6 Å². The zero-order valence-electron chi connectivity index (χ0n) is 14.8. The van der Waals surface area contributed by atoms with Gasteiger partial charge in [-0.05, 0) is 35.4 Å². The summed E-state index contributed by atoms with van der Waals surface area (Å²) in [5, 5.41) is 3.49. The van der Waals surface area contributed by atoms with Gasteiger partial charge in [-0.15, -0.1) is 12.4 Å². The zero-order valence-corrected chi connectivity index (χ0v) is 15.6. The third-order valence-electron chi connectivity index (χ3n) is 4.72. The van der Waals surface area contributed by atoms with Crippen molar-refractivity contribution in [2.75, 3.05) is 40.0 Å². The lowest BCUT2D eigenvalue weighted by atomic mass is 10.0. The molecule has 0 saturated carbocycles. The lowest BCUT2D eigenvalue weighted by molar-refractivity contribution is 0.150. The Morgan fingerprint density at radius 3 is 2.85 bits per heavy atom. The number of ether oxygens (including phenoxy) is 3. The highest BCUT2D eigenvalue weighted by Gasteiger charge is 2.25. The van der Waals surface area contributed by atoms with Gasteiger partial charge in [-0.2, -0.15) is 0 Å². The van der Waals surface area contributed by atoms with Gasteiger partial charge in [0.2, 0.25) is 5.75 Å². The molecule has 0 amide bonds. The van der Waals surface area contributed by atoms with Crippen LogP contribution in [0.2, 0.25) is 0 Å². The van der Waals surface area contributed by atoms with E-state index in [1.54, 1.807) is 7.11 Å². The fraction of sp³-hybridized carbons (Fsp3) is 0.421. The number of halogens is 1. The van der Waals surface area contributed by atoms with Crippen LogP contribution < -0.4 is 19.5 Å². The molecule has 7 heteroatoms. The van der Waals surface area contributed by atoms with E-state index in [0.717, 1.165) is 37.7 Å². The molecule has 2 aromatic rings. The van der Waals surface area contributed by atoms with Crippen molar-refractivity contribution in [2.45, 2.75) is 12.6 Å². The molecule has 2 aliphatic rings. The molecule has 1 fully saturated rings. The number of nitrogens with one attached hydrogen (secondary N) is 1. The van der Waals surface area contributed by atoms with E-state index in [1.807, 2.05) is 12.4 Å². The molecule has 1 atom stereocenters. The van der Waals surface area contributed by atoms with Gasteiger partial charge in [-0.3, -0.25) is 9.88 Å². The molecule has 1 N–H and O–H groups in total. The van der Waals surface area contributed by atoms with Crippen molar-refractivity contribution in [3.63, 3.8) is 0 Å². The minimum absolute atomic E-state index is 0. The van der Waals surface area contributed by atoms with E-state index in [4.69, 9.17) is 14.2 Å². The van der Waals surface area contributed by atoms with Crippen LogP contribution in [0, 0.1) is 0 Å². The second-order valence-electron chi connectivity index (χ2n) is 6.29. The van der Waals surface area contributed by atoms with Crippen LogP contribution in [0.4, 0.5) is 0 Å². The average Bonchev–Trinajstić information content (AvgIpc) is 2.68. The fourth-order valence-corrected chi connectivity index (χ4v) is 3.50. The van der Waals surface area contributed by atoms with Crippen LogP contribution in [-0.4, -0.2) is 49.8 Å². The summed E-state index contributed by atoms with van der Waals surface area (Å²) in [4.78, 5) is 6.62. The van der Waals surface area contributed by atoms with Gasteiger partial charge in [0.1, 0.15) is 13.2 Å². The van der Waals surface area contributed by atoms with Crippen LogP contribution in [0.5, 0.6) is 17.2 Å². The summed E-state index contributed by atoms with van der Waals surface area (Å²) in [5.74, 6) is 2.22. The molecular weight excluding hydrogens is 354 g/mol. The third-order valence-corrected chi connectivity index (χ3v) is 4.72. The number of hydrogen-bond acceptors (Lipinski definition) is 6. The van der Waals surface area contributed by atoms with Gasteiger partial charge < -0.3 is 19.5 Å². The first-order chi connectivity index (χ1) is 12.3. The summed E-state index contributed by atoms with van der Waals surface area (Å²) in [6.45, 7) is 4.89. The molecule has 1 saturated heterocycles. The lowest BCUT2D eigenvalue weighted by Crippen LogP contribution is -2.45. The standard InChI is InChI=1S/C19H23N3O3.ClH/c1-23-17-10-14(11-18-19(17)25-9-8-24-18)13-22-7-6-21-12-16(22)15-2-4-20-5-3-15;/h2-5,10-11,16,21H,6-9,12-13H2,1H3;1H. The predicted octanol–water partition coefficient (Wildman–Crippen LogP) is 2.43. The van der Waals surface area contributed by atoms with Gasteiger partial charge in [0.15, 0.2) is 11.5 Å². The Hall–Kier alpha value is -2.02. The molecule has 0 spiro atoms. The maximum atomic E-state index is 5.76. The summed E-state index contributed by atoms with van der Waals surface area (Å²) in [6, 6.07) is 8.64. The summed E-state index contributed by atoms with van der Waals surface area (Å²) in [7, 11) is 1.67. The average molecular weight is 378 g/mol. The molecule has 1 unspecified atom stereocenters. The van der Waals surface area contributed by atoms with Crippen molar-refractivity contribution in [2.24, 2.45) is 0 Å². The third kappa shape index (κ3) is 3.87. The number of benzene rings is 1. The van der Waals surface area contributed by atoms with Crippen molar-refractivity contribution in [1.82, 2.24) is 15.2 Å². The van der Waals surface area contributed by atoms with Crippen molar-refractivity contribution in [3.05, 3.63) is 47.8 Å². The largest absolute Gasteiger partial charge is 0.493 e. The highest BCUT2D eigenvalue weighted by Crippen LogP contribution is 2.41.